The lowest BCUT2D eigenvalue weighted by molar-refractivity contribution is 0.327. The van der Waals surface area contributed by atoms with Crippen molar-refractivity contribution in [3.05, 3.63) is 23.7 Å². The minimum absolute atomic E-state index is 0.957. The van der Waals surface area contributed by atoms with Gasteiger partial charge in [0.1, 0.15) is 5.76 Å². The van der Waals surface area contributed by atoms with E-state index < -0.39 is 0 Å². The van der Waals surface area contributed by atoms with Gasteiger partial charge >= 0.3 is 0 Å². The van der Waals surface area contributed by atoms with Crippen LogP contribution in [0.1, 0.15) is 11.3 Å². The quantitative estimate of drug-likeness (QED) is 0.742. The molecule has 1 N–H and O–H groups in total. The summed E-state index contributed by atoms with van der Waals surface area (Å²) in [7, 11) is 4.08. The smallest absolute Gasteiger partial charge is 0.101 e. The first-order valence-corrected chi connectivity index (χ1v) is 4.59. The van der Waals surface area contributed by atoms with Gasteiger partial charge in [-0.3, -0.25) is 0 Å². The number of aryl methyl sites for hydroxylation is 1. The van der Waals surface area contributed by atoms with Crippen LogP contribution in [0.4, 0.5) is 0 Å². The maximum atomic E-state index is 5.23. The third-order valence-corrected chi connectivity index (χ3v) is 1.98. The van der Waals surface area contributed by atoms with Crippen molar-refractivity contribution in [3.8, 4) is 0 Å². The van der Waals surface area contributed by atoms with E-state index in [9.17, 15) is 0 Å². The second kappa shape index (κ2) is 5.04. The third-order valence-electron chi connectivity index (χ3n) is 1.98. The van der Waals surface area contributed by atoms with Crippen molar-refractivity contribution in [1.82, 2.24) is 10.2 Å². The minimum atomic E-state index is 0.957. The number of hydrogen-bond donors (Lipinski definition) is 1. The third kappa shape index (κ3) is 3.61. The first kappa shape index (κ1) is 10.3. The van der Waals surface area contributed by atoms with Crippen molar-refractivity contribution < 1.29 is 4.42 Å². The van der Waals surface area contributed by atoms with Crippen molar-refractivity contribution in [2.75, 3.05) is 27.2 Å². The molecule has 0 aliphatic carbocycles. The molecule has 0 unspecified atom stereocenters. The largest absolute Gasteiger partial charge is 0.469 e. The van der Waals surface area contributed by atoms with Crippen LogP contribution in [0.3, 0.4) is 0 Å². The second-order valence-electron chi connectivity index (χ2n) is 3.41. The summed E-state index contributed by atoms with van der Waals surface area (Å²) in [6.07, 6.45) is 1.82. The SMILES string of the molecule is CNCCN(C)Cc1coc(C)c1. The zero-order valence-electron chi connectivity index (χ0n) is 8.63. The zero-order valence-corrected chi connectivity index (χ0v) is 8.63. The van der Waals surface area contributed by atoms with E-state index in [0.29, 0.717) is 0 Å². The Bertz CT molecular complexity index is 245. The molecule has 1 aromatic rings. The highest BCUT2D eigenvalue weighted by Gasteiger charge is 2.01. The lowest BCUT2D eigenvalue weighted by Gasteiger charge is -2.14. The average Bonchev–Trinajstić information content (AvgIpc) is 2.48. The van der Waals surface area contributed by atoms with Gasteiger partial charge in [0.25, 0.3) is 0 Å². The highest BCUT2D eigenvalue weighted by Crippen LogP contribution is 2.07. The van der Waals surface area contributed by atoms with Crippen molar-refractivity contribution in [2.24, 2.45) is 0 Å². The predicted octanol–water partition coefficient (Wildman–Crippen LogP) is 1.24. The molecule has 0 radical (unpaired) electrons. The number of hydrogen-bond acceptors (Lipinski definition) is 3. The summed E-state index contributed by atoms with van der Waals surface area (Å²) in [4.78, 5) is 2.26. The molecule has 74 valence electrons. The molecule has 3 nitrogen and oxygen atoms in total. The van der Waals surface area contributed by atoms with Gasteiger partial charge in [-0.15, -0.1) is 0 Å². The monoisotopic (exact) mass is 182 g/mol. The highest BCUT2D eigenvalue weighted by atomic mass is 16.3. The Hall–Kier alpha value is -0.800. The predicted molar refractivity (Wildman–Crippen MR) is 53.7 cm³/mol. The number of furan rings is 1. The van der Waals surface area contributed by atoms with E-state index in [4.69, 9.17) is 4.42 Å². The molecule has 0 saturated carbocycles. The Morgan fingerprint density at radius 3 is 2.85 bits per heavy atom. The number of nitrogens with one attached hydrogen (secondary N) is 1. The number of rotatable bonds is 5. The zero-order chi connectivity index (χ0) is 9.68. The summed E-state index contributed by atoms with van der Waals surface area (Å²) in [6.45, 7) is 5.00. The molecule has 3 heteroatoms. The lowest BCUT2D eigenvalue weighted by atomic mass is 10.3. The molecule has 1 heterocycles. The molecule has 0 saturated heterocycles. The van der Waals surface area contributed by atoms with Crippen LogP contribution in [0.25, 0.3) is 0 Å². The molecular weight excluding hydrogens is 164 g/mol. The molecular formula is C10H18N2O. The molecule has 0 aromatic carbocycles. The molecule has 1 aromatic heterocycles. The van der Waals surface area contributed by atoms with Gasteiger partial charge in [0.05, 0.1) is 6.26 Å². The Labute approximate surface area is 79.7 Å². The van der Waals surface area contributed by atoms with E-state index in [0.717, 1.165) is 25.4 Å². The van der Waals surface area contributed by atoms with Crippen molar-refractivity contribution in [2.45, 2.75) is 13.5 Å². The first-order chi connectivity index (χ1) is 6.22. The van der Waals surface area contributed by atoms with Crippen LogP contribution >= 0.6 is 0 Å². The minimum Gasteiger partial charge on any atom is -0.469 e. The van der Waals surface area contributed by atoms with E-state index in [1.165, 1.54) is 5.56 Å². The van der Waals surface area contributed by atoms with Gasteiger partial charge in [-0.1, -0.05) is 0 Å². The Balaban J connectivity index is 2.31. The summed E-state index contributed by atoms with van der Waals surface area (Å²) >= 11 is 0. The van der Waals surface area contributed by atoms with Crippen molar-refractivity contribution in [3.63, 3.8) is 0 Å². The van der Waals surface area contributed by atoms with E-state index >= 15 is 0 Å². The fourth-order valence-electron chi connectivity index (χ4n) is 1.27. The van der Waals surface area contributed by atoms with Gasteiger partial charge in [0.15, 0.2) is 0 Å². The Kier molecular flexibility index (Phi) is 3.99. The van der Waals surface area contributed by atoms with Gasteiger partial charge in [0.2, 0.25) is 0 Å². The van der Waals surface area contributed by atoms with Crippen LogP contribution in [0.2, 0.25) is 0 Å². The van der Waals surface area contributed by atoms with Gasteiger partial charge in [-0.2, -0.15) is 0 Å². The standard InChI is InChI=1S/C10H18N2O/c1-9-6-10(8-13-9)7-12(3)5-4-11-2/h6,8,11H,4-5,7H2,1-3H3. The summed E-state index contributed by atoms with van der Waals surface area (Å²) in [6, 6.07) is 2.08. The molecule has 1 rings (SSSR count). The van der Waals surface area contributed by atoms with Crippen LogP contribution in [-0.2, 0) is 6.54 Å². The maximum Gasteiger partial charge on any atom is 0.101 e. The summed E-state index contributed by atoms with van der Waals surface area (Å²) < 4.78 is 5.23. The summed E-state index contributed by atoms with van der Waals surface area (Å²) in [5.74, 6) is 0.983. The maximum absolute atomic E-state index is 5.23. The Morgan fingerprint density at radius 2 is 2.31 bits per heavy atom. The van der Waals surface area contributed by atoms with Crippen LogP contribution in [0.5, 0.6) is 0 Å². The fourth-order valence-corrected chi connectivity index (χ4v) is 1.27. The molecule has 13 heavy (non-hydrogen) atoms. The molecule has 0 aliphatic rings. The van der Waals surface area contributed by atoms with Gasteiger partial charge < -0.3 is 14.6 Å². The average molecular weight is 182 g/mol. The molecule has 0 spiro atoms. The van der Waals surface area contributed by atoms with Crippen LogP contribution in [0.15, 0.2) is 16.7 Å². The topological polar surface area (TPSA) is 28.4 Å². The molecule has 0 fully saturated rings. The summed E-state index contributed by atoms with van der Waals surface area (Å²) in [5, 5.41) is 3.12. The van der Waals surface area contributed by atoms with E-state index in [-0.39, 0.29) is 0 Å². The molecule has 0 bridgehead atoms. The normalized spacial score (nSPS) is 11.1. The fraction of sp³-hybridized carbons (Fsp3) is 0.600. The molecule has 0 amide bonds. The van der Waals surface area contributed by atoms with Gasteiger partial charge in [-0.05, 0) is 27.1 Å². The molecule has 0 aliphatic heterocycles. The van der Waals surface area contributed by atoms with Crippen LogP contribution in [-0.4, -0.2) is 32.1 Å². The molecule has 0 atom stereocenters. The first-order valence-electron chi connectivity index (χ1n) is 4.59. The van der Waals surface area contributed by atoms with Crippen molar-refractivity contribution >= 4 is 0 Å². The van der Waals surface area contributed by atoms with Crippen LogP contribution in [0, 0.1) is 6.92 Å². The lowest BCUT2D eigenvalue weighted by Crippen LogP contribution is -2.26. The van der Waals surface area contributed by atoms with Gasteiger partial charge in [-0.25, -0.2) is 0 Å². The number of nitrogens with zero attached hydrogens (tertiary/aromatic N) is 1. The van der Waals surface area contributed by atoms with E-state index in [1.807, 2.05) is 20.2 Å². The summed E-state index contributed by atoms with van der Waals surface area (Å²) in [5.41, 5.74) is 1.25. The number of likely N-dealkylation sites (N-methyl/N-ethyl adjacent to an activating group) is 2. The highest BCUT2D eigenvalue weighted by molar-refractivity contribution is 5.11. The second-order valence-corrected chi connectivity index (χ2v) is 3.41. The van der Waals surface area contributed by atoms with E-state index in [2.05, 4.69) is 23.3 Å². The van der Waals surface area contributed by atoms with Gasteiger partial charge in [0, 0.05) is 25.2 Å². The van der Waals surface area contributed by atoms with Crippen molar-refractivity contribution in [1.29, 1.82) is 0 Å². The van der Waals surface area contributed by atoms with Crippen LogP contribution < -0.4 is 5.32 Å². The Morgan fingerprint density at radius 1 is 1.54 bits per heavy atom. The van der Waals surface area contributed by atoms with E-state index in [1.54, 1.807) is 0 Å².